The molecule has 0 saturated heterocycles. The molecule has 1 aromatic carbocycles. The first-order valence-electron chi connectivity index (χ1n) is 6.50. The molecule has 0 aliphatic rings. The van der Waals surface area contributed by atoms with Gasteiger partial charge in [0.2, 0.25) is 0 Å². The van der Waals surface area contributed by atoms with E-state index in [0.717, 1.165) is 0 Å². The minimum Gasteiger partial charge on any atom is -0.480 e. The van der Waals surface area contributed by atoms with E-state index in [-0.39, 0.29) is 6.61 Å². The summed E-state index contributed by atoms with van der Waals surface area (Å²) in [5.74, 6) is -4.82. The van der Waals surface area contributed by atoms with Gasteiger partial charge in [0.25, 0.3) is 0 Å². The maximum absolute atomic E-state index is 12.1. The Kier molecular flexibility index (Phi) is 6.55. The van der Waals surface area contributed by atoms with Gasteiger partial charge in [0, 0.05) is 6.42 Å². The molecular formula is C14H14F3NO5. The third-order valence-electron chi connectivity index (χ3n) is 2.74. The average molecular weight is 333 g/mol. The van der Waals surface area contributed by atoms with E-state index in [2.05, 4.69) is 0 Å². The van der Waals surface area contributed by atoms with Crippen molar-refractivity contribution in [2.75, 3.05) is 0 Å². The first kappa shape index (κ1) is 18.5. The summed E-state index contributed by atoms with van der Waals surface area (Å²) in [4.78, 5) is 33.0. The van der Waals surface area contributed by atoms with Crippen LogP contribution in [0, 0.1) is 0 Å². The second-order valence-electron chi connectivity index (χ2n) is 4.55. The Labute approximate surface area is 129 Å². The number of carboxylic acid groups (broad SMARTS) is 1. The van der Waals surface area contributed by atoms with Crippen molar-refractivity contribution >= 4 is 17.8 Å². The van der Waals surface area contributed by atoms with Crippen molar-refractivity contribution in [3.8, 4) is 0 Å². The molecule has 6 nitrogen and oxygen atoms in total. The number of esters is 1. The van der Waals surface area contributed by atoms with Gasteiger partial charge in [0.15, 0.2) is 0 Å². The quantitative estimate of drug-likeness (QED) is 0.740. The highest BCUT2D eigenvalue weighted by Gasteiger charge is 2.40. The minimum absolute atomic E-state index is 0.0354. The fourth-order valence-electron chi connectivity index (χ4n) is 1.57. The summed E-state index contributed by atoms with van der Waals surface area (Å²) in [6.07, 6.45) is -6.14. The van der Waals surface area contributed by atoms with Crippen LogP contribution in [0.15, 0.2) is 30.3 Å². The molecular weight excluding hydrogens is 319 g/mol. The van der Waals surface area contributed by atoms with Crippen LogP contribution in [0.4, 0.5) is 13.2 Å². The molecule has 0 aromatic heterocycles. The molecule has 1 atom stereocenters. The van der Waals surface area contributed by atoms with Crippen molar-refractivity contribution in [3.05, 3.63) is 35.9 Å². The Morgan fingerprint density at radius 1 is 1.17 bits per heavy atom. The highest BCUT2D eigenvalue weighted by Crippen LogP contribution is 2.15. The second kappa shape index (κ2) is 8.16. The number of carboxylic acids is 1. The lowest BCUT2D eigenvalue weighted by Crippen LogP contribution is -2.47. The zero-order valence-electron chi connectivity index (χ0n) is 11.8. The molecule has 0 heterocycles. The number of benzene rings is 1. The van der Waals surface area contributed by atoms with Crippen LogP contribution in [-0.4, -0.2) is 35.2 Å². The topological polar surface area (TPSA) is 92.7 Å². The number of carbonyl (C=O) groups is 3. The maximum atomic E-state index is 12.1. The van der Waals surface area contributed by atoms with Gasteiger partial charge in [-0.25, -0.2) is 4.79 Å². The molecule has 1 amide bonds. The Hall–Kier alpha value is -2.58. The molecule has 0 saturated carbocycles. The van der Waals surface area contributed by atoms with Crippen molar-refractivity contribution in [3.63, 3.8) is 0 Å². The van der Waals surface area contributed by atoms with E-state index in [9.17, 15) is 27.6 Å². The summed E-state index contributed by atoms with van der Waals surface area (Å²) in [6, 6.07) is 6.82. The summed E-state index contributed by atoms with van der Waals surface area (Å²) in [6.45, 7) is -0.0354. The number of ether oxygens (including phenoxy) is 1. The van der Waals surface area contributed by atoms with Gasteiger partial charge in [-0.05, 0) is 12.0 Å². The predicted molar refractivity (Wildman–Crippen MR) is 71.1 cm³/mol. The molecule has 0 fully saturated rings. The van der Waals surface area contributed by atoms with Gasteiger partial charge in [-0.1, -0.05) is 30.3 Å². The van der Waals surface area contributed by atoms with Crippen molar-refractivity contribution in [1.82, 2.24) is 5.32 Å². The molecule has 0 aliphatic heterocycles. The number of carbonyl (C=O) groups excluding carboxylic acids is 2. The highest BCUT2D eigenvalue weighted by atomic mass is 19.4. The van der Waals surface area contributed by atoms with Crippen LogP contribution >= 0.6 is 0 Å². The first-order valence-corrected chi connectivity index (χ1v) is 6.50. The van der Waals surface area contributed by atoms with Crippen LogP contribution in [-0.2, 0) is 25.7 Å². The largest absolute Gasteiger partial charge is 0.480 e. The van der Waals surface area contributed by atoms with E-state index < -0.39 is 42.9 Å². The van der Waals surface area contributed by atoms with E-state index in [1.807, 2.05) is 0 Å². The smallest absolute Gasteiger partial charge is 0.471 e. The monoisotopic (exact) mass is 333 g/mol. The molecule has 0 radical (unpaired) electrons. The number of nitrogens with one attached hydrogen (secondary N) is 1. The summed E-state index contributed by atoms with van der Waals surface area (Å²) in [5.41, 5.74) is 0.709. The number of halogens is 3. The van der Waals surface area contributed by atoms with Crippen LogP contribution in [0.2, 0.25) is 0 Å². The van der Waals surface area contributed by atoms with E-state index in [1.54, 1.807) is 30.3 Å². The summed E-state index contributed by atoms with van der Waals surface area (Å²) in [7, 11) is 0. The van der Waals surface area contributed by atoms with Gasteiger partial charge in [-0.2, -0.15) is 13.2 Å². The zero-order valence-corrected chi connectivity index (χ0v) is 11.8. The second-order valence-corrected chi connectivity index (χ2v) is 4.55. The SMILES string of the molecule is O=C(CC[C@@H](NC(=O)C(F)(F)F)C(=O)O)OCc1ccccc1. The van der Waals surface area contributed by atoms with E-state index in [0.29, 0.717) is 5.56 Å². The van der Waals surface area contributed by atoms with Gasteiger partial charge in [0.05, 0.1) is 0 Å². The molecule has 126 valence electrons. The lowest BCUT2D eigenvalue weighted by molar-refractivity contribution is -0.175. The predicted octanol–water partition coefficient (Wildman–Crippen LogP) is 1.64. The molecule has 9 heteroatoms. The van der Waals surface area contributed by atoms with Crippen LogP contribution in [0.25, 0.3) is 0 Å². The molecule has 0 bridgehead atoms. The standard InChI is InChI=1S/C14H14F3NO5/c15-14(16,17)13(22)18-10(12(20)21)6-7-11(19)23-8-9-4-2-1-3-5-9/h1-5,10H,6-8H2,(H,18,22)(H,20,21)/t10-/m1/s1. The van der Waals surface area contributed by atoms with Crippen LogP contribution < -0.4 is 5.32 Å². The summed E-state index contributed by atoms with van der Waals surface area (Å²) >= 11 is 0. The number of rotatable bonds is 7. The molecule has 0 unspecified atom stereocenters. The van der Waals surface area contributed by atoms with Gasteiger partial charge < -0.3 is 15.2 Å². The molecule has 23 heavy (non-hydrogen) atoms. The fourth-order valence-corrected chi connectivity index (χ4v) is 1.57. The number of hydrogen-bond donors (Lipinski definition) is 2. The highest BCUT2D eigenvalue weighted by molar-refractivity contribution is 5.87. The lowest BCUT2D eigenvalue weighted by Gasteiger charge is -2.15. The van der Waals surface area contributed by atoms with Crippen LogP contribution in [0.1, 0.15) is 18.4 Å². The summed E-state index contributed by atoms with van der Waals surface area (Å²) < 4.78 is 41.1. The Morgan fingerprint density at radius 3 is 2.30 bits per heavy atom. The number of amides is 1. The van der Waals surface area contributed by atoms with Crippen LogP contribution in [0.3, 0.4) is 0 Å². The normalized spacial score (nSPS) is 12.3. The zero-order chi connectivity index (χ0) is 17.5. The molecule has 2 N–H and O–H groups in total. The van der Waals surface area contributed by atoms with Gasteiger partial charge in [0.1, 0.15) is 12.6 Å². The van der Waals surface area contributed by atoms with Gasteiger partial charge >= 0.3 is 24.0 Å². The van der Waals surface area contributed by atoms with E-state index in [4.69, 9.17) is 9.84 Å². The first-order chi connectivity index (χ1) is 10.7. The van der Waals surface area contributed by atoms with E-state index >= 15 is 0 Å². The fraction of sp³-hybridized carbons (Fsp3) is 0.357. The number of aliphatic carboxylic acids is 1. The number of alkyl halides is 3. The minimum atomic E-state index is -5.19. The van der Waals surface area contributed by atoms with Crippen molar-refractivity contribution in [2.24, 2.45) is 0 Å². The van der Waals surface area contributed by atoms with E-state index in [1.165, 1.54) is 5.32 Å². The Morgan fingerprint density at radius 2 is 1.78 bits per heavy atom. The van der Waals surface area contributed by atoms with Crippen molar-refractivity contribution < 1.29 is 37.4 Å². The lowest BCUT2D eigenvalue weighted by atomic mass is 10.1. The third kappa shape index (κ3) is 6.81. The number of hydrogen-bond acceptors (Lipinski definition) is 4. The summed E-state index contributed by atoms with van der Waals surface area (Å²) in [5, 5.41) is 10.1. The average Bonchev–Trinajstić information content (AvgIpc) is 2.48. The van der Waals surface area contributed by atoms with Crippen molar-refractivity contribution in [1.29, 1.82) is 0 Å². The Balaban J connectivity index is 2.44. The Bertz CT molecular complexity index is 559. The molecule has 0 aliphatic carbocycles. The third-order valence-corrected chi connectivity index (χ3v) is 2.74. The maximum Gasteiger partial charge on any atom is 0.471 e. The van der Waals surface area contributed by atoms with Gasteiger partial charge in [-0.3, -0.25) is 9.59 Å². The molecule has 0 spiro atoms. The van der Waals surface area contributed by atoms with Crippen LogP contribution in [0.5, 0.6) is 0 Å². The van der Waals surface area contributed by atoms with Gasteiger partial charge in [-0.15, -0.1) is 0 Å². The molecule has 1 rings (SSSR count). The van der Waals surface area contributed by atoms with Crippen molar-refractivity contribution in [2.45, 2.75) is 31.7 Å². The molecule has 1 aromatic rings.